The highest BCUT2D eigenvalue weighted by molar-refractivity contribution is 5.71. The van der Waals surface area contributed by atoms with Crippen LogP contribution in [0.1, 0.15) is 37.8 Å². The number of halogens is 2. The van der Waals surface area contributed by atoms with Crippen molar-refractivity contribution in [3.63, 3.8) is 0 Å². The highest BCUT2D eigenvalue weighted by Crippen LogP contribution is 2.42. The summed E-state index contributed by atoms with van der Waals surface area (Å²) in [5.74, 6) is -1.10. The van der Waals surface area contributed by atoms with Crippen molar-refractivity contribution >= 4 is 5.97 Å². The van der Waals surface area contributed by atoms with Crippen molar-refractivity contribution in [3.8, 4) is 0 Å². The number of ether oxygens (including phenoxy) is 1. The number of hydrogen-bond acceptors (Lipinski definition) is 4. The fraction of sp³-hybridized carbons (Fsp3) is 0.435. The third-order valence-corrected chi connectivity index (χ3v) is 5.45. The molecule has 2 N–H and O–H groups in total. The Morgan fingerprint density at radius 2 is 1.69 bits per heavy atom. The van der Waals surface area contributed by atoms with Gasteiger partial charge in [-0.3, -0.25) is 9.69 Å². The van der Waals surface area contributed by atoms with Gasteiger partial charge in [0.15, 0.2) is 0 Å². The maximum absolute atomic E-state index is 14.1. The quantitative estimate of drug-likeness (QED) is 0.479. The molecule has 0 saturated carbocycles. The largest absolute Gasteiger partial charge is 0.449 e. The van der Waals surface area contributed by atoms with Crippen LogP contribution in [0.2, 0.25) is 0 Å². The van der Waals surface area contributed by atoms with Gasteiger partial charge >= 0.3 is 5.97 Å². The van der Waals surface area contributed by atoms with Crippen LogP contribution in [0.15, 0.2) is 48.5 Å². The lowest BCUT2D eigenvalue weighted by molar-refractivity contribution is -0.146. The van der Waals surface area contributed by atoms with Crippen molar-refractivity contribution in [3.05, 3.63) is 71.3 Å². The number of rotatable bonds is 10. The Kier molecular flexibility index (Phi) is 8.29. The molecular formula is C23H30F2N2O2. The Morgan fingerprint density at radius 1 is 1.14 bits per heavy atom. The normalized spacial score (nSPS) is 12.8. The lowest BCUT2D eigenvalue weighted by atomic mass is 9.65. The maximum atomic E-state index is 14.1. The van der Waals surface area contributed by atoms with E-state index < -0.39 is 11.4 Å². The molecule has 1 unspecified atom stereocenters. The van der Waals surface area contributed by atoms with Crippen molar-refractivity contribution in [1.29, 1.82) is 0 Å². The van der Waals surface area contributed by atoms with Crippen LogP contribution >= 0.6 is 0 Å². The monoisotopic (exact) mass is 404 g/mol. The molecule has 4 nitrogen and oxygen atoms in total. The van der Waals surface area contributed by atoms with Crippen molar-refractivity contribution in [2.75, 3.05) is 26.9 Å². The molecular weight excluding hydrogens is 374 g/mol. The number of nitrogens with two attached hydrogens (primary N) is 1. The molecule has 6 heteroatoms. The van der Waals surface area contributed by atoms with Gasteiger partial charge in [-0.2, -0.15) is 0 Å². The molecule has 0 bridgehead atoms. The van der Waals surface area contributed by atoms with Crippen LogP contribution in [0.25, 0.3) is 0 Å². The molecule has 0 fully saturated rings. The van der Waals surface area contributed by atoms with E-state index >= 15 is 0 Å². The number of nitrogens with zero attached hydrogens (tertiary/aromatic N) is 1. The molecule has 0 spiro atoms. The van der Waals surface area contributed by atoms with E-state index in [-0.39, 0.29) is 30.8 Å². The van der Waals surface area contributed by atoms with E-state index in [2.05, 4.69) is 6.92 Å². The highest BCUT2D eigenvalue weighted by Gasteiger charge is 2.38. The summed E-state index contributed by atoms with van der Waals surface area (Å²) in [6, 6.07) is 13.0. The molecule has 1 atom stereocenters. The van der Waals surface area contributed by atoms with Crippen LogP contribution in [-0.2, 0) is 14.9 Å². The molecule has 2 rings (SSSR count). The van der Waals surface area contributed by atoms with Crippen molar-refractivity contribution in [1.82, 2.24) is 4.90 Å². The van der Waals surface area contributed by atoms with Crippen LogP contribution in [0.3, 0.4) is 0 Å². The smallest absolute Gasteiger partial charge is 0.321 e. The Labute approximate surface area is 171 Å². The minimum absolute atomic E-state index is 0.0256. The number of carbonyl (C=O) groups excluding carboxylic acids is 1. The minimum atomic E-state index is -0.633. The predicted molar refractivity (Wildman–Crippen MR) is 110 cm³/mol. The summed E-state index contributed by atoms with van der Waals surface area (Å²) in [6.07, 6.45) is 1.74. The van der Waals surface area contributed by atoms with E-state index in [1.807, 2.05) is 31.0 Å². The second kappa shape index (κ2) is 10.5. The number of esters is 1. The molecule has 0 saturated heterocycles. The molecule has 0 aliphatic carbocycles. The molecule has 0 amide bonds. The number of carbonyl (C=O) groups is 1. The standard InChI is InChI=1S/C23H30F2N2O2/c1-4-7-19(15-27(3)16-29-22(28)14-26)23(2,17-8-5-10-20(24)12-17)18-9-6-11-21(25)13-18/h5-6,8-13,19H,4,7,14-16,26H2,1-3H3. The van der Waals surface area contributed by atoms with Crippen molar-refractivity contribution in [2.24, 2.45) is 11.7 Å². The molecule has 0 aliphatic rings. The topological polar surface area (TPSA) is 55.6 Å². The lowest BCUT2D eigenvalue weighted by Crippen LogP contribution is -2.41. The first-order valence-electron chi connectivity index (χ1n) is 9.87. The summed E-state index contributed by atoms with van der Waals surface area (Å²) in [5.41, 5.74) is 6.23. The minimum Gasteiger partial charge on any atom is -0.449 e. The first-order valence-corrected chi connectivity index (χ1v) is 9.87. The van der Waals surface area contributed by atoms with Gasteiger partial charge in [0.05, 0.1) is 6.54 Å². The molecule has 2 aromatic carbocycles. The van der Waals surface area contributed by atoms with E-state index in [9.17, 15) is 13.6 Å². The van der Waals surface area contributed by atoms with Gasteiger partial charge in [0.25, 0.3) is 0 Å². The summed E-state index contributed by atoms with van der Waals surface area (Å²) >= 11 is 0. The van der Waals surface area contributed by atoms with Gasteiger partial charge in [-0.25, -0.2) is 8.78 Å². The molecule has 0 aliphatic heterocycles. The third-order valence-electron chi connectivity index (χ3n) is 5.45. The summed E-state index contributed by atoms with van der Waals surface area (Å²) in [4.78, 5) is 13.3. The van der Waals surface area contributed by atoms with Crippen molar-refractivity contribution < 1.29 is 18.3 Å². The Bertz CT molecular complexity index is 767. The molecule has 0 heterocycles. The zero-order valence-electron chi connectivity index (χ0n) is 17.3. The molecule has 29 heavy (non-hydrogen) atoms. The summed E-state index contributed by atoms with van der Waals surface area (Å²) in [6.45, 7) is 4.63. The van der Waals surface area contributed by atoms with E-state index in [0.29, 0.717) is 6.54 Å². The second-order valence-electron chi connectivity index (χ2n) is 7.60. The van der Waals surface area contributed by atoms with Gasteiger partial charge in [-0.1, -0.05) is 44.5 Å². The molecule has 2 aromatic rings. The Hall–Kier alpha value is -2.31. The van der Waals surface area contributed by atoms with Gasteiger partial charge in [0.2, 0.25) is 0 Å². The fourth-order valence-electron chi connectivity index (χ4n) is 3.84. The summed E-state index contributed by atoms with van der Waals surface area (Å²) in [7, 11) is 1.85. The zero-order valence-corrected chi connectivity index (χ0v) is 17.3. The van der Waals surface area contributed by atoms with E-state index in [1.165, 1.54) is 24.3 Å². The zero-order chi connectivity index (χ0) is 21.4. The Morgan fingerprint density at radius 3 is 2.14 bits per heavy atom. The highest BCUT2D eigenvalue weighted by atomic mass is 19.1. The van der Waals surface area contributed by atoms with Gasteiger partial charge in [-0.05, 0) is 54.8 Å². The van der Waals surface area contributed by atoms with Crippen LogP contribution in [0, 0.1) is 17.6 Å². The molecule has 0 aromatic heterocycles. The number of hydrogen-bond donors (Lipinski definition) is 1. The molecule has 158 valence electrons. The summed E-state index contributed by atoms with van der Waals surface area (Å²) in [5, 5.41) is 0. The Balaban J connectivity index is 2.44. The summed E-state index contributed by atoms with van der Waals surface area (Å²) < 4.78 is 33.3. The SMILES string of the molecule is CCCC(CN(C)COC(=O)CN)C(C)(c1cccc(F)c1)c1cccc(F)c1. The van der Waals surface area contributed by atoms with Gasteiger partial charge in [0.1, 0.15) is 18.4 Å². The first kappa shape index (κ1) is 23.0. The van der Waals surface area contributed by atoms with Crippen LogP contribution in [0.5, 0.6) is 0 Å². The van der Waals surface area contributed by atoms with E-state index in [4.69, 9.17) is 10.5 Å². The van der Waals surface area contributed by atoms with Crippen molar-refractivity contribution in [2.45, 2.75) is 32.1 Å². The van der Waals surface area contributed by atoms with E-state index in [1.54, 1.807) is 12.1 Å². The fourth-order valence-corrected chi connectivity index (χ4v) is 3.84. The van der Waals surface area contributed by atoms with Crippen LogP contribution in [0.4, 0.5) is 8.78 Å². The average Bonchev–Trinajstić information content (AvgIpc) is 2.71. The second-order valence-corrected chi connectivity index (χ2v) is 7.60. The maximum Gasteiger partial charge on any atom is 0.321 e. The van der Waals surface area contributed by atoms with Gasteiger partial charge < -0.3 is 10.5 Å². The van der Waals surface area contributed by atoms with Crippen LogP contribution < -0.4 is 5.73 Å². The first-order chi connectivity index (χ1) is 13.8. The van der Waals surface area contributed by atoms with E-state index in [0.717, 1.165) is 24.0 Å². The predicted octanol–water partition coefficient (Wildman–Crippen LogP) is 4.08. The van der Waals surface area contributed by atoms with Gasteiger partial charge in [-0.15, -0.1) is 0 Å². The third kappa shape index (κ3) is 5.84. The lowest BCUT2D eigenvalue weighted by Gasteiger charge is -2.41. The number of benzene rings is 2. The average molecular weight is 405 g/mol. The van der Waals surface area contributed by atoms with Crippen LogP contribution in [-0.4, -0.2) is 37.7 Å². The molecule has 0 radical (unpaired) electrons. The van der Waals surface area contributed by atoms with Gasteiger partial charge in [0, 0.05) is 12.0 Å².